The first kappa shape index (κ1) is 19.0. The van der Waals surface area contributed by atoms with E-state index in [1.165, 1.54) is 7.11 Å². The van der Waals surface area contributed by atoms with Crippen LogP contribution in [0, 0.1) is 34.7 Å². The Morgan fingerprint density at radius 2 is 1.88 bits per heavy atom. The Balaban J connectivity index is 2.06. The number of benzene rings is 1. The van der Waals surface area contributed by atoms with Crippen LogP contribution in [0.1, 0.15) is 26.3 Å². The fraction of sp³-hybridized carbons (Fsp3) is 0.444. The molecule has 0 radical (unpaired) electrons. The van der Waals surface area contributed by atoms with E-state index < -0.39 is 47.3 Å². The predicted octanol–water partition coefficient (Wildman–Crippen LogP) is 3.54. The van der Waals surface area contributed by atoms with Gasteiger partial charge in [0.05, 0.1) is 13.0 Å². The third-order valence-electron chi connectivity index (χ3n) is 4.54. The summed E-state index contributed by atoms with van der Waals surface area (Å²) in [5.41, 5.74) is -0.450. The SMILES string of the molecule is COC(=O)/C(C)=C/[C@@H]1[C@@H](C(=O)OCc2cc(F)cc(F)c2F)C1(C)C. The number of hydrogen-bond donors (Lipinski definition) is 0. The number of halogens is 3. The van der Waals surface area contributed by atoms with Crippen LogP contribution in [0.4, 0.5) is 13.2 Å². The summed E-state index contributed by atoms with van der Waals surface area (Å²) in [5, 5.41) is 0. The molecule has 2 atom stereocenters. The molecule has 7 heteroatoms. The van der Waals surface area contributed by atoms with E-state index >= 15 is 0 Å². The van der Waals surface area contributed by atoms with Gasteiger partial charge in [-0.3, -0.25) is 4.79 Å². The van der Waals surface area contributed by atoms with Crippen LogP contribution >= 0.6 is 0 Å². The average molecular weight is 356 g/mol. The van der Waals surface area contributed by atoms with Crippen molar-refractivity contribution < 1.29 is 32.2 Å². The van der Waals surface area contributed by atoms with Gasteiger partial charge in [0, 0.05) is 17.2 Å². The molecule has 1 aromatic carbocycles. The van der Waals surface area contributed by atoms with Gasteiger partial charge in [-0.05, 0) is 24.3 Å². The lowest BCUT2D eigenvalue weighted by atomic mass is 10.1. The molecule has 4 nitrogen and oxygen atoms in total. The van der Waals surface area contributed by atoms with Crippen LogP contribution in [0.2, 0.25) is 0 Å². The molecule has 1 aliphatic rings. The molecular formula is C18H19F3O4. The van der Waals surface area contributed by atoms with E-state index in [0.717, 1.165) is 6.07 Å². The first-order valence-electron chi connectivity index (χ1n) is 7.66. The minimum absolute atomic E-state index is 0.242. The van der Waals surface area contributed by atoms with Crippen molar-refractivity contribution in [2.45, 2.75) is 27.4 Å². The monoisotopic (exact) mass is 356 g/mol. The Morgan fingerprint density at radius 1 is 1.24 bits per heavy atom. The Bertz CT molecular complexity index is 740. The summed E-state index contributed by atoms with van der Waals surface area (Å²) in [7, 11) is 1.26. The molecular weight excluding hydrogens is 337 g/mol. The molecule has 0 unspecified atom stereocenters. The zero-order valence-corrected chi connectivity index (χ0v) is 14.4. The van der Waals surface area contributed by atoms with Crippen LogP contribution in [0.15, 0.2) is 23.8 Å². The normalized spacial score (nSPS) is 21.6. The summed E-state index contributed by atoms with van der Waals surface area (Å²) in [6.45, 7) is 4.66. The van der Waals surface area contributed by atoms with Crippen molar-refractivity contribution in [2.24, 2.45) is 17.3 Å². The number of esters is 2. The van der Waals surface area contributed by atoms with E-state index in [1.54, 1.807) is 13.0 Å². The predicted molar refractivity (Wildman–Crippen MR) is 82.6 cm³/mol. The fourth-order valence-electron chi connectivity index (χ4n) is 2.89. The van der Waals surface area contributed by atoms with Crippen molar-refractivity contribution in [3.8, 4) is 0 Å². The molecule has 25 heavy (non-hydrogen) atoms. The van der Waals surface area contributed by atoms with Crippen LogP contribution in [0.3, 0.4) is 0 Å². The van der Waals surface area contributed by atoms with Crippen LogP contribution in [0.5, 0.6) is 0 Å². The number of allylic oxidation sites excluding steroid dienone is 1. The summed E-state index contributed by atoms with van der Waals surface area (Å²) < 4.78 is 49.5. The second kappa shape index (κ2) is 6.90. The number of ether oxygens (including phenoxy) is 2. The van der Waals surface area contributed by atoms with E-state index in [4.69, 9.17) is 4.74 Å². The van der Waals surface area contributed by atoms with Crippen molar-refractivity contribution >= 4 is 11.9 Å². The van der Waals surface area contributed by atoms with E-state index in [0.29, 0.717) is 11.6 Å². The number of rotatable bonds is 5. The first-order chi connectivity index (χ1) is 11.6. The van der Waals surface area contributed by atoms with Gasteiger partial charge in [0.1, 0.15) is 12.4 Å². The molecule has 0 saturated heterocycles. The Hall–Kier alpha value is -2.31. The van der Waals surface area contributed by atoms with Crippen LogP contribution in [-0.4, -0.2) is 19.0 Å². The molecule has 1 saturated carbocycles. The quantitative estimate of drug-likeness (QED) is 0.460. The Kier molecular flexibility index (Phi) is 5.25. The van der Waals surface area contributed by atoms with Gasteiger partial charge >= 0.3 is 11.9 Å². The highest BCUT2D eigenvalue weighted by Crippen LogP contribution is 2.59. The largest absolute Gasteiger partial charge is 0.466 e. The van der Waals surface area contributed by atoms with Gasteiger partial charge in [-0.1, -0.05) is 19.9 Å². The van der Waals surface area contributed by atoms with Crippen LogP contribution in [0.25, 0.3) is 0 Å². The van der Waals surface area contributed by atoms with Gasteiger partial charge in [0.15, 0.2) is 11.6 Å². The maximum atomic E-state index is 13.6. The number of hydrogen-bond acceptors (Lipinski definition) is 4. The third kappa shape index (κ3) is 3.86. The molecule has 0 heterocycles. The lowest BCUT2D eigenvalue weighted by Crippen LogP contribution is -2.12. The highest BCUT2D eigenvalue weighted by molar-refractivity contribution is 5.88. The van der Waals surface area contributed by atoms with Gasteiger partial charge in [-0.15, -0.1) is 0 Å². The van der Waals surface area contributed by atoms with E-state index in [-0.39, 0.29) is 11.5 Å². The molecule has 0 spiro atoms. The van der Waals surface area contributed by atoms with Crippen LogP contribution < -0.4 is 0 Å². The molecule has 2 rings (SSSR count). The van der Waals surface area contributed by atoms with Crippen molar-refractivity contribution in [3.05, 3.63) is 46.8 Å². The zero-order chi connectivity index (χ0) is 18.9. The second-order valence-corrected chi connectivity index (χ2v) is 6.63. The minimum atomic E-state index is -1.34. The molecule has 0 aromatic heterocycles. The summed E-state index contributed by atoms with van der Waals surface area (Å²) in [6.07, 6.45) is 1.64. The third-order valence-corrected chi connectivity index (χ3v) is 4.54. The van der Waals surface area contributed by atoms with Gasteiger partial charge in [-0.2, -0.15) is 0 Å². The molecule has 136 valence electrons. The molecule has 1 aromatic rings. The topological polar surface area (TPSA) is 52.6 Å². The van der Waals surface area contributed by atoms with Crippen molar-refractivity contribution in [1.82, 2.24) is 0 Å². The first-order valence-corrected chi connectivity index (χ1v) is 7.66. The average Bonchev–Trinajstić information content (AvgIpc) is 3.08. The molecule has 1 fully saturated rings. The van der Waals surface area contributed by atoms with Gasteiger partial charge in [-0.25, -0.2) is 18.0 Å². The smallest absolute Gasteiger partial charge is 0.333 e. The van der Waals surface area contributed by atoms with E-state index in [1.807, 2.05) is 13.8 Å². The summed E-state index contributed by atoms with van der Waals surface area (Å²) in [5.74, 6) is -5.43. The van der Waals surface area contributed by atoms with Crippen molar-refractivity contribution in [2.75, 3.05) is 7.11 Å². The van der Waals surface area contributed by atoms with Crippen molar-refractivity contribution in [3.63, 3.8) is 0 Å². The second-order valence-electron chi connectivity index (χ2n) is 6.63. The van der Waals surface area contributed by atoms with Gasteiger partial charge < -0.3 is 9.47 Å². The number of methoxy groups -OCH3 is 1. The highest BCUT2D eigenvalue weighted by Gasteiger charge is 2.61. The van der Waals surface area contributed by atoms with Gasteiger partial charge in [0.2, 0.25) is 0 Å². The lowest BCUT2D eigenvalue weighted by Gasteiger charge is -2.07. The minimum Gasteiger partial charge on any atom is -0.466 e. The Labute approximate surface area is 143 Å². The number of carbonyl (C=O) groups excluding carboxylic acids is 2. The fourth-order valence-corrected chi connectivity index (χ4v) is 2.89. The summed E-state index contributed by atoms with van der Waals surface area (Å²) >= 11 is 0. The molecule has 0 aliphatic heterocycles. The lowest BCUT2D eigenvalue weighted by molar-refractivity contribution is -0.147. The van der Waals surface area contributed by atoms with Gasteiger partial charge in [0.25, 0.3) is 0 Å². The molecule has 0 bridgehead atoms. The standard InChI is InChI=1S/C18H19F3O4/c1-9(16(22)24-4)5-12-14(18(12,2)3)17(23)25-8-10-6-11(19)7-13(20)15(10)21/h5-7,12,14H,8H2,1-4H3/b9-5+/t12-,14+/m1/s1. The zero-order valence-electron chi connectivity index (χ0n) is 14.4. The number of carbonyl (C=O) groups is 2. The van der Waals surface area contributed by atoms with Crippen LogP contribution in [-0.2, 0) is 25.7 Å². The maximum Gasteiger partial charge on any atom is 0.333 e. The highest BCUT2D eigenvalue weighted by atomic mass is 19.2. The maximum absolute atomic E-state index is 13.6. The molecule has 0 N–H and O–H groups in total. The summed E-state index contributed by atoms with van der Waals surface area (Å²) in [6, 6.07) is 1.20. The van der Waals surface area contributed by atoms with Crippen molar-refractivity contribution in [1.29, 1.82) is 0 Å². The van der Waals surface area contributed by atoms with E-state index in [9.17, 15) is 22.8 Å². The van der Waals surface area contributed by atoms with E-state index in [2.05, 4.69) is 4.74 Å². The summed E-state index contributed by atoms with van der Waals surface area (Å²) in [4.78, 5) is 23.7. The Morgan fingerprint density at radius 3 is 2.48 bits per heavy atom. The molecule has 0 amide bonds. The molecule has 1 aliphatic carbocycles.